The summed E-state index contributed by atoms with van der Waals surface area (Å²) >= 11 is 3.09. The summed E-state index contributed by atoms with van der Waals surface area (Å²) in [6.07, 6.45) is 1.56. The number of hydrogen-bond acceptors (Lipinski definition) is 5. The monoisotopic (exact) mass is 329 g/mol. The SMILES string of the molecule is Cc1cc2c(SCC(=O)NCc3ccccc3)ncnc2s1. The zero-order valence-corrected chi connectivity index (χ0v) is 13.7. The fourth-order valence-corrected chi connectivity index (χ4v) is 3.77. The highest BCUT2D eigenvalue weighted by molar-refractivity contribution is 8.00. The number of thioether (sulfide) groups is 1. The number of hydrogen-bond donors (Lipinski definition) is 1. The van der Waals surface area contributed by atoms with Crippen LogP contribution in [0.3, 0.4) is 0 Å². The molecular formula is C16H15N3OS2. The van der Waals surface area contributed by atoms with E-state index in [1.165, 1.54) is 16.6 Å². The first-order valence-electron chi connectivity index (χ1n) is 6.87. The summed E-state index contributed by atoms with van der Waals surface area (Å²) in [6, 6.07) is 12.0. The largest absolute Gasteiger partial charge is 0.351 e. The average Bonchev–Trinajstić information content (AvgIpc) is 2.92. The van der Waals surface area contributed by atoms with E-state index in [0.29, 0.717) is 12.3 Å². The smallest absolute Gasteiger partial charge is 0.230 e. The van der Waals surface area contributed by atoms with Crippen LogP contribution in [-0.2, 0) is 11.3 Å². The van der Waals surface area contributed by atoms with E-state index in [4.69, 9.17) is 0 Å². The summed E-state index contributed by atoms with van der Waals surface area (Å²) in [4.78, 5) is 22.7. The predicted molar refractivity (Wildman–Crippen MR) is 91.2 cm³/mol. The maximum Gasteiger partial charge on any atom is 0.230 e. The molecule has 0 aliphatic heterocycles. The van der Waals surface area contributed by atoms with Gasteiger partial charge in [0.25, 0.3) is 0 Å². The van der Waals surface area contributed by atoms with Crippen LogP contribution in [0.1, 0.15) is 10.4 Å². The lowest BCUT2D eigenvalue weighted by Gasteiger charge is -2.05. The quantitative estimate of drug-likeness (QED) is 0.576. The van der Waals surface area contributed by atoms with Crippen LogP contribution in [0.15, 0.2) is 47.8 Å². The Balaban J connectivity index is 1.58. The van der Waals surface area contributed by atoms with E-state index in [2.05, 4.69) is 21.4 Å². The molecule has 0 radical (unpaired) electrons. The molecule has 4 nitrogen and oxygen atoms in total. The predicted octanol–water partition coefficient (Wildman–Crippen LogP) is 3.41. The molecule has 0 aliphatic carbocycles. The Morgan fingerprint density at radius 3 is 2.91 bits per heavy atom. The molecule has 1 aromatic carbocycles. The molecule has 0 spiro atoms. The summed E-state index contributed by atoms with van der Waals surface area (Å²) in [5, 5.41) is 4.82. The molecule has 112 valence electrons. The molecule has 0 unspecified atom stereocenters. The molecule has 2 heterocycles. The van der Waals surface area contributed by atoms with E-state index in [-0.39, 0.29) is 5.91 Å². The van der Waals surface area contributed by atoms with E-state index in [9.17, 15) is 4.79 Å². The van der Waals surface area contributed by atoms with Gasteiger partial charge in [-0.25, -0.2) is 9.97 Å². The standard InChI is InChI=1S/C16H15N3OS2/c1-11-7-13-15(18-10-19-16(13)22-11)21-9-14(20)17-8-12-5-3-2-4-6-12/h2-7,10H,8-9H2,1H3,(H,17,20). The van der Waals surface area contributed by atoms with E-state index in [0.717, 1.165) is 20.8 Å². The summed E-state index contributed by atoms with van der Waals surface area (Å²) in [6.45, 7) is 2.60. The minimum Gasteiger partial charge on any atom is -0.351 e. The Morgan fingerprint density at radius 2 is 2.09 bits per heavy atom. The Kier molecular flexibility index (Phi) is 4.70. The third kappa shape index (κ3) is 3.64. The van der Waals surface area contributed by atoms with Crippen molar-refractivity contribution in [3.63, 3.8) is 0 Å². The first kappa shape index (κ1) is 15.0. The van der Waals surface area contributed by atoms with Crippen molar-refractivity contribution in [3.05, 3.63) is 53.2 Å². The van der Waals surface area contributed by atoms with Crippen LogP contribution in [0, 0.1) is 6.92 Å². The topological polar surface area (TPSA) is 54.9 Å². The van der Waals surface area contributed by atoms with Gasteiger partial charge in [0.1, 0.15) is 16.2 Å². The molecular weight excluding hydrogens is 314 g/mol. The third-order valence-electron chi connectivity index (χ3n) is 3.09. The van der Waals surface area contributed by atoms with Crippen LogP contribution >= 0.6 is 23.1 Å². The Labute approximate surface area is 137 Å². The van der Waals surface area contributed by atoms with Crippen molar-refractivity contribution in [2.24, 2.45) is 0 Å². The van der Waals surface area contributed by atoms with E-state index in [1.54, 1.807) is 17.7 Å². The molecule has 3 rings (SSSR count). The third-order valence-corrected chi connectivity index (χ3v) is 5.05. The Morgan fingerprint density at radius 1 is 1.27 bits per heavy atom. The summed E-state index contributed by atoms with van der Waals surface area (Å²) < 4.78 is 0. The highest BCUT2D eigenvalue weighted by atomic mass is 32.2. The lowest BCUT2D eigenvalue weighted by molar-refractivity contribution is -0.118. The maximum absolute atomic E-state index is 12.0. The molecule has 0 fully saturated rings. The first-order chi connectivity index (χ1) is 10.7. The minimum absolute atomic E-state index is 0.00701. The van der Waals surface area contributed by atoms with Gasteiger partial charge >= 0.3 is 0 Å². The lowest BCUT2D eigenvalue weighted by Crippen LogP contribution is -2.24. The lowest BCUT2D eigenvalue weighted by atomic mass is 10.2. The van der Waals surface area contributed by atoms with Gasteiger partial charge in [-0.3, -0.25) is 4.79 Å². The van der Waals surface area contributed by atoms with Crippen LogP contribution in [-0.4, -0.2) is 21.6 Å². The fraction of sp³-hybridized carbons (Fsp3) is 0.188. The molecule has 6 heteroatoms. The number of nitrogens with zero attached hydrogens (tertiary/aromatic N) is 2. The molecule has 0 saturated carbocycles. The van der Waals surface area contributed by atoms with Crippen molar-refractivity contribution in [3.8, 4) is 0 Å². The number of aromatic nitrogens is 2. The summed E-state index contributed by atoms with van der Waals surface area (Å²) in [7, 11) is 0. The van der Waals surface area contributed by atoms with Gasteiger partial charge in [0, 0.05) is 16.8 Å². The number of rotatable bonds is 5. The van der Waals surface area contributed by atoms with Crippen LogP contribution in [0.25, 0.3) is 10.2 Å². The van der Waals surface area contributed by atoms with Gasteiger partial charge in [0.15, 0.2) is 0 Å². The van der Waals surface area contributed by atoms with Crippen LogP contribution in [0.4, 0.5) is 0 Å². The van der Waals surface area contributed by atoms with Crippen LogP contribution < -0.4 is 5.32 Å². The molecule has 0 bridgehead atoms. The highest BCUT2D eigenvalue weighted by Gasteiger charge is 2.09. The van der Waals surface area contributed by atoms with Crippen molar-refractivity contribution in [1.82, 2.24) is 15.3 Å². The second-order valence-corrected chi connectivity index (χ2v) is 7.00. The van der Waals surface area contributed by atoms with Crippen molar-refractivity contribution in [2.75, 3.05) is 5.75 Å². The first-order valence-corrected chi connectivity index (χ1v) is 8.67. The number of carbonyl (C=O) groups excluding carboxylic acids is 1. The number of carbonyl (C=O) groups is 1. The number of nitrogens with one attached hydrogen (secondary N) is 1. The molecule has 3 aromatic rings. The van der Waals surface area contributed by atoms with Gasteiger partial charge in [0.2, 0.25) is 5.91 Å². The van der Waals surface area contributed by atoms with Crippen LogP contribution in [0.2, 0.25) is 0 Å². The summed E-state index contributed by atoms with van der Waals surface area (Å²) in [5.74, 6) is 0.362. The van der Waals surface area contributed by atoms with Gasteiger partial charge in [0.05, 0.1) is 5.75 Å². The highest BCUT2D eigenvalue weighted by Crippen LogP contribution is 2.30. The number of thiophene rings is 1. The normalized spacial score (nSPS) is 10.8. The number of aryl methyl sites for hydroxylation is 1. The maximum atomic E-state index is 12.0. The number of fused-ring (bicyclic) bond motifs is 1. The minimum atomic E-state index is 0.00701. The van der Waals surface area contributed by atoms with E-state index >= 15 is 0 Å². The Hall–Kier alpha value is -1.92. The van der Waals surface area contributed by atoms with Crippen molar-refractivity contribution in [1.29, 1.82) is 0 Å². The van der Waals surface area contributed by atoms with Gasteiger partial charge in [-0.15, -0.1) is 11.3 Å². The molecule has 2 aromatic heterocycles. The van der Waals surface area contributed by atoms with Gasteiger partial charge < -0.3 is 5.32 Å². The van der Waals surface area contributed by atoms with Gasteiger partial charge in [-0.2, -0.15) is 0 Å². The molecule has 1 amide bonds. The summed E-state index contributed by atoms with van der Waals surface area (Å²) in [5.41, 5.74) is 1.10. The number of amides is 1. The van der Waals surface area contributed by atoms with E-state index in [1.807, 2.05) is 37.3 Å². The molecule has 1 N–H and O–H groups in total. The van der Waals surface area contributed by atoms with Crippen molar-refractivity contribution in [2.45, 2.75) is 18.5 Å². The fourth-order valence-electron chi connectivity index (χ4n) is 2.05. The molecule has 0 atom stereocenters. The van der Waals surface area contributed by atoms with Crippen molar-refractivity contribution < 1.29 is 4.79 Å². The second kappa shape index (κ2) is 6.89. The zero-order valence-electron chi connectivity index (χ0n) is 12.1. The molecule has 22 heavy (non-hydrogen) atoms. The van der Waals surface area contributed by atoms with E-state index < -0.39 is 0 Å². The average molecular weight is 329 g/mol. The molecule has 0 saturated heterocycles. The zero-order chi connectivity index (χ0) is 15.4. The Bertz CT molecular complexity index is 786. The van der Waals surface area contributed by atoms with Crippen molar-refractivity contribution >= 4 is 39.2 Å². The molecule has 0 aliphatic rings. The number of benzene rings is 1. The van der Waals surface area contributed by atoms with Crippen LogP contribution in [0.5, 0.6) is 0 Å². The van der Waals surface area contributed by atoms with Gasteiger partial charge in [-0.1, -0.05) is 42.1 Å². The second-order valence-electron chi connectivity index (χ2n) is 4.81. The van der Waals surface area contributed by atoms with Gasteiger partial charge in [-0.05, 0) is 18.6 Å².